The van der Waals surface area contributed by atoms with E-state index in [0.717, 1.165) is 66.8 Å². The number of allylic oxidation sites excluding steroid dienone is 1. The lowest BCUT2D eigenvalue weighted by Gasteiger charge is -2.58. The highest BCUT2D eigenvalue weighted by atomic mass is 16.5. The molecular formula is C24H30O2. The fourth-order valence-electron chi connectivity index (χ4n) is 9.48. The highest BCUT2D eigenvalue weighted by molar-refractivity contribution is 5.91. The third kappa shape index (κ3) is 1.49. The molecule has 0 aromatic heterocycles. The van der Waals surface area contributed by atoms with Crippen LogP contribution < -0.4 is 0 Å². The lowest BCUT2D eigenvalue weighted by atomic mass is 9.48. The quantitative estimate of drug-likeness (QED) is 0.648. The SMILES string of the molecule is CC[C@]12CCC3C(C1[C@H]1C[C@H]1[C@@]21C=CCO1)[C@@H]1C[C@@H]1C1=CC(=O)CC[C@@H]13. The van der Waals surface area contributed by atoms with E-state index in [-0.39, 0.29) is 5.60 Å². The van der Waals surface area contributed by atoms with Crippen molar-refractivity contribution in [1.82, 2.24) is 0 Å². The largest absolute Gasteiger partial charge is 0.366 e. The van der Waals surface area contributed by atoms with Crippen LogP contribution >= 0.6 is 0 Å². The molecule has 138 valence electrons. The first kappa shape index (κ1) is 15.1. The van der Waals surface area contributed by atoms with Gasteiger partial charge in [-0.25, -0.2) is 0 Å². The molecule has 0 aromatic rings. The molecule has 1 spiro atoms. The molecule has 0 aromatic carbocycles. The lowest BCUT2D eigenvalue weighted by Crippen LogP contribution is -2.56. The first-order valence-electron chi connectivity index (χ1n) is 11.3. The molecule has 1 heterocycles. The van der Waals surface area contributed by atoms with Gasteiger partial charge in [0.2, 0.25) is 0 Å². The van der Waals surface area contributed by atoms with Crippen molar-refractivity contribution >= 4 is 5.78 Å². The van der Waals surface area contributed by atoms with Crippen LogP contribution in [0, 0.1) is 52.8 Å². The van der Waals surface area contributed by atoms with E-state index >= 15 is 0 Å². The smallest absolute Gasteiger partial charge is 0.155 e. The Morgan fingerprint density at radius 2 is 2.08 bits per heavy atom. The highest BCUT2D eigenvalue weighted by Gasteiger charge is 2.79. The van der Waals surface area contributed by atoms with Crippen LogP contribution in [0.5, 0.6) is 0 Å². The van der Waals surface area contributed by atoms with E-state index < -0.39 is 0 Å². The van der Waals surface area contributed by atoms with Gasteiger partial charge in [0.05, 0.1) is 12.2 Å². The number of hydrogen-bond acceptors (Lipinski definition) is 2. The molecule has 2 heteroatoms. The molecule has 3 unspecified atom stereocenters. The summed E-state index contributed by atoms with van der Waals surface area (Å²) >= 11 is 0. The average molecular weight is 351 g/mol. The van der Waals surface area contributed by atoms with Crippen LogP contribution in [0.25, 0.3) is 0 Å². The standard InChI is InChI=1S/C24H30O2/c1-2-23-8-6-15-14-5-4-13(25)10-16(14)17-11-18(17)21(15)22(23)19-12-20(19)24(23)7-3-9-26-24/h3,7,10,14-15,17-22H,2,4-6,8-9,11-12H2,1H3/t14-,15?,17-,18-,19+,20-,21?,22?,23+,24+/m1/s1. The van der Waals surface area contributed by atoms with Gasteiger partial charge in [0.15, 0.2) is 5.78 Å². The maximum absolute atomic E-state index is 12.0. The second-order valence-electron chi connectivity index (χ2n) is 10.6. The van der Waals surface area contributed by atoms with E-state index in [2.05, 4.69) is 25.2 Å². The fraction of sp³-hybridized carbons (Fsp3) is 0.792. The van der Waals surface area contributed by atoms with Gasteiger partial charge < -0.3 is 4.74 Å². The van der Waals surface area contributed by atoms with Crippen LogP contribution in [0.1, 0.15) is 51.9 Å². The molecule has 0 amide bonds. The van der Waals surface area contributed by atoms with Crippen molar-refractivity contribution in [3.8, 4) is 0 Å². The van der Waals surface area contributed by atoms with E-state index in [9.17, 15) is 4.79 Å². The summed E-state index contributed by atoms with van der Waals surface area (Å²) in [7, 11) is 0. The number of hydrogen-bond donors (Lipinski definition) is 0. The van der Waals surface area contributed by atoms with Crippen LogP contribution in [0.15, 0.2) is 23.8 Å². The normalized spacial score (nSPS) is 60.7. The van der Waals surface area contributed by atoms with Gasteiger partial charge in [0, 0.05) is 11.8 Å². The van der Waals surface area contributed by atoms with E-state index in [4.69, 9.17) is 4.74 Å². The van der Waals surface area contributed by atoms with E-state index in [1.165, 1.54) is 32.1 Å². The van der Waals surface area contributed by atoms with Gasteiger partial charge in [-0.2, -0.15) is 0 Å². The van der Waals surface area contributed by atoms with Crippen molar-refractivity contribution in [2.24, 2.45) is 52.8 Å². The Hall–Kier alpha value is -0.890. The molecule has 5 fully saturated rings. The molecule has 0 bridgehead atoms. The number of fused-ring (bicyclic) bond motifs is 12. The Balaban J connectivity index is 1.34. The van der Waals surface area contributed by atoms with Crippen molar-refractivity contribution in [3.05, 3.63) is 23.8 Å². The molecule has 7 rings (SSSR count). The minimum Gasteiger partial charge on any atom is -0.366 e. The van der Waals surface area contributed by atoms with Gasteiger partial charge in [0.25, 0.3) is 0 Å². The second-order valence-corrected chi connectivity index (χ2v) is 10.6. The molecule has 10 atom stereocenters. The number of rotatable bonds is 1. The summed E-state index contributed by atoms with van der Waals surface area (Å²) in [5, 5.41) is 0. The van der Waals surface area contributed by atoms with Crippen LogP contribution in [0.4, 0.5) is 0 Å². The maximum atomic E-state index is 12.0. The van der Waals surface area contributed by atoms with Crippen molar-refractivity contribution < 1.29 is 9.53 Å². The van der Waals surface area contributed by atoms with Crippen molar-refractivity contribution in [2.45, 2.75) is 57.5 Å². The topological polar surface area (TPSA) is 26.3 Å². The van der Waals surface area contributed by atoms with Crippen LogP contribution in [-0.2, 0) is 9.53 Å². The van der Waals surface area contributed by atoms with Gasteiger partial charge in [-0.3, -0.25) is 4.79 Å². The molecule has 7 aliphatic rings. The number of ether oxygens (including phenoxy) is 1. The highest BCUT2D eigenvalue weighted by Crippen LogP contribution is 2.81. The average Bonchev–Trinajstić information content (AvgIpc) is 3.56. The Morgan fingerprint density at radius 1 is 1.15 bits per heavy atom. The molecule has 0 radical (unpaired) electrons. The monoisotopic (exact) mass is 350 g/mol. The Kier molecular flexibility index (Phi) is 2.65. The molecule has 1 aliphatic heterocycles. The van der Waals surface area contributed by atoms with E-state index in [0.29, 0.717) is 11.2 Å². The van der Waals surface area contributed by atoms with Gasteiger partial charge >= 0.3 is 0 Å². The minimum atomic E-state index is 0.0884. The van der Waals surface area contributed by atoms with Crippen molar-refractivity contribution in [3.63, 3.8) is 0 Å². The second kappa shape index (κ2) is 4.57. The summed E-state index contributed by atoms with van der Waals surface area (Å²) in [5.74, 6) is 7.25. The number of ketones is 1. The predicted octanol–water partition coefficient (Wildman–Crippen LogP) is 4.56. The summed E-state index contributed by atoms with van der Waals surface area (Å²) in [5.41, 5.74) is 2.09. The zero-order chi connectivity index (χ0) is 17.3. The molecule has 2 nitrogen and oxygen atoms in total. The summed E-state index contributed by atoms with van der Waals surface area (Å²) in [6, 6.07) is 0. The van der Waals surface area contributed by atoms with E-state index in [1.807, 2.05) is 0 Å². The van der Waals surface area contributed by atoms with Crippen molar-refractivity contribution in [1.29, 1.82) is 0 Å². The summed E-state index contributed by atoms with van der Waals surface area (Å²) in [4.78, 5) is 12.0. The summed E-state index contributed by atoms with van der Waals surface area (Å²) in [6.45, 7) is 3.29. The number of carbonyl (C=O) groups excluding carboxylic acids is 1. The first-order valence-corrected chi connectivity index (χ1v) is 11.3. The molecular weight excluding hydrogens is 320 g/mol. The van der Waals surface area contributed by atoms with Gasteiger partial charge in [0.1, 0.15) is 0 Å². The molecule has 6 aliphatic carbocycles. The summed E-state index contributed by atoms with van der Waals surface area (Å²) < 4.78 is 6.60. The molecule has 0 N–H and O–H groups in total. The van der Waals surface area contributed by atoms with Gasteiger partial charge in [-0.15, -0.1) is 0 Å². The van der Waals surface area contributed by atoms with Crippen LogP contribution in [0.3, 0.4) is 0 Å². The lowest BCUT2D eigenvalue weighted by molar-refractivity contribution is -0.145. The zero-order valence-corrected chi connectivity index (χ0v) is 15.8. The Morgan fingerprint density at radius 3 is 2.88 bits per heavy atom. The van der Waals surface area contributed by atoms with Crippen LogP contribution in [-0.4, -0.2) is 18.0 Å². The summed E-state index contributed by atoms with van der Waals surface area (Å²) in [6.07, 6.45) is 15.7. The zero-order valence-electron chi connectivity index (χ0n) is 15.8. The number of carbonyl (C=O) groups is 1. The maximum Gasteiger partial charge on any atom is 0.155 e. The molecule has 5 saturated carbocycles. The Labute approximate surface area is 156 Å². The van der Waals surface area contributed by atoms with Gasteiger partial charge in [-0.1, -0.05) is 24.6 Å². The Bertz CT molecular complexity index is 764. The van der Waals surface area contributed by atoms with E-state index in [1.54, 1.807) is 5.57 Å². The van der Waals surface area contributed by atoms with Crippen molar-refractivity contribution in [2.75, 3.05) is 6.61 Å². The third-order valence-corrected chi connectivity index (χ3v) is 10.3. The molecule has 0 saturated heterocycles. The molecule has 26 heavy (non-hydrogen) atoms. The fourth-order valence-corrected chi connectivity index (χ4v) is 9.48. The minimum absolute atomic E-state index is 0.0884. The van der Waals surface area contributed by atoms with Gasteiger partial charge in [-0.05, 0) is 91.9 Å². The predicted molar refractivity (Wildman–Crippen MR) is 99.3 cm³/mol. The third-order valence-electron chi connectivity index (χ3n) is 10.3. The van der Waals surface area contributed by atoms with Crippen LogP contribution in [0.2, 0.25) is 0 Å². The first-order chi connectivity index (χ1) is 12.7.